The van der Waals surface area contributed by atoms with Crippen LogP contribution in [0.2, 0.25) is 0 Å². The minimum Gasteiger partial charge on any atom is -0.111 e. The maximum Gasteiger partial charge on any atom is 0.112 e. The minimum absolute atomic E-state index is 0.361. The van der Waals surface area contributed by atoms with Gasteiger partial charge in [-0.2, -0.15) is 0 Å². The summed E-state index contributed by atoms with van der Waals surface area (Å²) in [6.07, 6.45) is 0. The second kappa shape index (κ2) is 2.61. The zero-order valence-electron chi connectivity index (χ0n) is 5.46. The molecule has 0 N–H and O–H groups in total. The second-order valence-corrected chi connectivity index (χ2v) is 2.07. The van der Waals surface area contributed by atoms with Crippen molar-refractivity contribution in [2.45, 2.75) is 0 Å². The molecule has 0 atom stereocenters. The van der Waals surface area contributed by atoms with Crippen LogP contribution in [0.3, 0.4) is 0 Å². The van der Waals surface area contributed by atoms with Crippen LogP contribution in [0.4, 0.5) is 0 Å². The first-order valence-electron chi connectivity index (χ1n) is 2.82. The summed E-state index contributed by atoms with van der Waals surface area (Å²) in [5.74, 6) is 0. The van der Waals surface area contributed by atoms with Crippen LogP contribution < -0.4 is 21.9 Å². The van der Waals surface area contributed by atoms with E-state index in [1.54, 1.807) is 12.1 Å². The molecule has 1 rings (SSSR count). The Morgan fingerprint density at radius 1 is 0.700 bits per heavy atom. The average Bonchev–Trinajstić information content (AvgIpc) is 1.93. The van der Waals surface area contributed by atoms with Crippen LogP contribution in [0, 0.1) is 0 Å². The van der Waals surface area contributed by atoms with Gasteiger partial charge in [0.15, 0.2) is 0 Å². The van der Waals surface area contributed by atoms with Gasteiger partial charge in [0.2, 0.25) is 0 Å². The summed E-state index contributed by atoms with van der Waals surface area (Å²) >= 11 is 0. The monoisotopic (exact) mass is 118 g/mol. The summed E-state index contributed by atoms with van der Waals surface area (Å²) in [5.41, 5.74) is 1.65. The van der Waals surface area contributed by atoms with Crippen molar-refractivity contribution in [3.8, 4) is 0 Å². The van der Waals surface area contributed by atoms with Crippen LogP contribution in [-0.4, -0.2) is 31.4 Å². The summed E-state index contributed by atoms with van der Waals surface area (Å²) in [6.45, 7) is 0. The highest BCUT2D eigenvalue weighted by Crippen LogP contribution is 1.67. The van der Waals surface area contributed by atoms with Crippen molar-refractivity contribution in [2.75, 3.05) is 0 Å². The highest BCUT2D eigenvalue weighted by Gasteiger charge is 1.95. The Balaban J connectivity index is 3.34. The van der Waals surface area contributed by atoms with E-state index in [0.717, 1.165) is 0 Å². The van der Waals surface area contributed by atoms with Gasteiger partial charge in [-0.25, -0.2) is 0 Å². The van der Waals surface area contributed by atoms with Gasteiger partial charge in [-0.3, -0.25) is 0 Å². The third-order valence-corrected chi connectivity index (χ3v) is 1.35. The van der Waals surface area contributed by atoms with Crippen LogP contribution in [0.25, 0.3) is 0 Å². The standard InChI is InChI=1S/C6H2B4/c7-3-1-2-4(8)6(10)5(3)9/h1-2H. The SMILES string of the molecule is [B]c1ccc([B])c([B])c1[B]. The Bertz CT molecular complexity index is 229. The second-order valence-electron chi connectivity index (χ2n) is 2.07. The Hall–Kier alpha value is -0.520. The fourth-order valence-electron chi connectivity index (χ4n) is 0.670. The Morgan fingerprint density at radius 2 is 1.00 bits per heavy atom. The molecule has 0 amide bonds. The van der Waals surface area contributed by atoms with Crippen molar-refractivity contribution in [1.29, 1.82) is 0 Å². The van der Waals surface area contributed by atoms with Gasteiger partial charge >= 0.3 is 0 Å². The van der Waals surface area contributed by atoms with Gasteiger partial charge in [0.1, 0.15) is 31.4 Å². The predicted molar refractivity (Wildman–Crippen MR) is 48.0 cm³/mol. The number of benzene rings is 1. The maximum absolute atomic E-state index is 5.45. The molecule has 0 heterocycles. The molecule has 0 saturated carbocycles. The van der Waals surface area contributed by atoms with E-state index in [2.05, 4.69) is 0 Å². The highest BCUT2D eigenvalue weighted by molar-refractivity contribution is 6.62. The first kappa shape index (κ1) is 7.59. The number of hydrogen-bond acceptors (Lipinski definition) is 0. The van der Waals surface area contributed by atoms with Crippen molar-refractivity contribution in [3.05, 3.63) is 12.1 Å². The Morgan fingerprint density at radius 3 is 1.30 bits per heavy atom. The van der Waals surface area contributed by atoms with E-state index in [0.29, 0.717) is 21.9 Å². The molecule has 10 heavy (non-hydrogen) atoms. The van der Waals surface area contributed by atoms with E-state index >= 15 is 0 Å². The minimum atomic E-state index is 0.361. The largest absolute Gasteiger partial charge is 0.112 e. The van der Waals surface area contributed by atoms with Gasteiger partial charge in [-0.05, 0) is 0 Å². The van der Waals surface area contributed by atoms with Gasteiger partial charge in [0.25, 0.3) is 0 Å². The molecule has 0 bridgehead atoms. The van der Waals surface area contributed by atoms with Crippen LogP contribution in [0.5, 0.6) is 0 Å². The Labute approximate surface area is 66.0 Å². The molecule has 0 aromatic heterocycles. The molecule has 38 valence electrons. The zero-order chi connectivity index (χ0) is 7.72. The molecule has 8 radical (unpaired) electrons. The van der Waals surface area contributed by atoms with Crippen LogP contribution in [0.1, 0.15) is 0 Å². The molecule has 1 aromatic rings. The van der Waals surface area contributed by atoms with E-state index in [4.69, 9.17) is 31.4 Å². The molecular formula is C6H2B4. The lowest BCUT2D eigenvalue weighted by Crippen LogP contribution is -2.46. The molecule has 0 aliphatic heterocycles. The third-order valence-electron chi connectivity index (χ3n) is 1.35. The van der Waals surface area contributed by atoms with Crippen LogP contribution >= 0.6 is 0 Å². The van der Waals surface area contributed by atoms with Crippen molar-refractivity contribution in [3.63, 3.8) is 0 Å². The topological polar surface area (TPSA) is 0 Å². The van der Waals surface area contributed by atoms with E-state index < -0.39 is 0 Å². The van der Waals surface area contributed by atoms with Gasteiger partial charge in [0, 0.05) is 0 Å². The molecule has 0 unspecified atom stereocenters. The molecule has 0 saturated heterocycles. The van der Waals surface area contributed by atoms with Crippen molar-refractivity contribution < 1.29 is 0 Å². The fourth-order valence-corrected chi connectivity index (χ4v) is 0.670. The normalized spacial score (nSPS) is 9.60. The summed E-state index contributed by atoms with van der Waals surface area (Å²) < 4.78 is 0. The fraction of sp³-hybridized carbons (Fsp3) is 0. The first-order chi connectivity index (χ1) is 4.63. The first-order valence-corrected chi connectivity index (χ1v) is 2.82. The Kier molecular flexibility index (Phi) is 1.98. The third kappa shape index (κ3) is 1.16. The van der Waals surface area contributed by atoms with E-state index in [9.17, 15) is 0 Å². The summed E-state index contributed by atoms with van der Waals surface area (Å²) in [4.78, 5) is 0. The molecule has 4 heteroatoms. The van der Waals surface area contributed by atoms with Gasteiger partial charge in [-0.15, -0.1) is 21.9 Å². The van der Waals surface area contributed by atoms with E-state index in [-0.39, 0.29) is 0 Å². The molecule has 0 spiro atoms. The molecule has 0 fully saturated rings. The lowest BCUT2D eigenvalue weighted by Gasteiger charge is -2.08. The number of hydrogen-bond donors (Lipinski definition) is 0. The van der Waals surface area contributed by atoms with Crippen molar-refractivity contribution in [2.24, 2.45) is 0 Å². The van der Waals surface area contributed by atoms with Crippen LogP contribution in [0.15, 0.2) is 12.1 Å². The lowest BCUT2D eigenvalue weighted by molar-refractivity contribution is 1.96. The van der Waals surface area contributed by atoms with Gasteiger partial charge in [0.05, 0.1) is 0 Å². The highest BCUT2D eigenvalue weighted by atomic mass is 13.9. The van der Waals surface area contributed by atoms with Crippen LogP contribution in [-0.2, 0) is 0 Å². The van der Waals surface area contributed by atoms with Crippen molar-refractivity contribution >= 4 is 53.2 Å². The quantitative estimate of drug-likeness (QED) is 0.315. The zero-order valence-corrected chi connectivity index (χ0v) is 5.46. The van der Waals surface area contributed by atoms with E-state index in [1.807, 2.05) is 0 Å². The van der Waals surface area contributed by atoms with E-state index in [1.165, 1.54) is 0 Å². The smallest absolute Gasteiger partial charge is 0.111 e. The summed E-state index contributed by atoms with van der Waals surface area (Å²) in [6, 6.07) is 3.25. The van der Waals surface area contributed by atoms with Crippen molar-refractivity contribution in [1.82, 2.24) is 0 Å². The predicted octanol–water partition coefficient (Wildman–Crippen LogP) is -3.14. The lowest BCUT2D eigenvalue weighted by atomic mass is 9.67. The molecule has 0 aliphatic carbocycles. The molecule has 1 aromatic carbocycles. The molecule has 0 nitrogen and oxygen atoms in total. The molecule has 0 aliphatic rings. The van der Waals surface area contributed by atoms with Gasteiger partial charge in [-0.1, -0.05) is 12.1 Å². The summed E-state index contributed by atoms with van der Waals surface area (Å²) in [7, 11) is 21.8. The average molecular weight is 117 g/mol. The summed E-state index contributed by atoms with van der Waals surface area (Å²) in [5, 5.41) is 0. The number of rotatable bonds is 0. The van der Waals surface area contributed by atoms with Gasteiger partial charge < -0.3 is 0 Å². The molecular weight excluding hydrogens is 115 g/mol. The maximum atomic E-state index is 5.45.